The molecular weight excluding hydrogens is 891 g/mol. The van der Waals surface area contributed by atoms with Crippen molar-refractivity contribution >= 4 is 11.6 Å². The average molecular weight is 969 g/mol. The standard InChI is InChI=1S/C58H78F2N2O8/c1-3-5-6-7-8-9-10-11-12-25-54(65)62(40-42-27-29-45(59)30-28-42)53-39-51(61-70-55-26-17-20-36-66-55)48-37-43(21-15-18-33-63)47(23-16-19-34-64)56-49-38-46(67-41-44-22-13-14-24-50(44)60)31-32-52(49)69-58(53,57(48)56)68-35-4-2/h4,13-14,22,24,27-32,37-38,43,47,53,55-57,63-64H,2-3,5-12,15-21,23,25-26,33-36,39-41H2,1H3/t43-,47+,53-,55?,56+,57+,58+/m0/s1. The van der Waals surface area contributed by atoms with E-state index in [1.54, 1.807) is 36.4 Å². The highest BCUT2D eigenvalue weighted by Crippen LogP contribution is 2.62. The minimum atomic E-state index is -1.47. The smallest absolute Gasteiger partial charge is 0.239 e. The molecule has 3 aromatic rings. The number of amides is 1. The summed E-state index contributed by atoms with van der Waals surface area (Å²) in [6.07, 6.45) is 21.2. The quantitative estimate of drug-likeness (QED) is 0.0401. The van der Waals surface area contributed by atoms with Gasteiger partial charge in [-0.25, -0.2) is 8.78 Å². The van der Waals surface area contributed by atoms with E-state index in [4.69, 9.17) is 28.9 Å². The molecular formula is C58H78F2N2O8. The number of rotatable bonds is 29. The van der Waals surface area contributed by atoms with E-state index in [2.05, 4.69) is 19.6 Å². The van der Waals surface area contributed by atoms with Gasteiger partial charge in [-0.2, -0.15) is 0 Å². The van der Waals surface area contributed by atoms with Gasteiger partial charge in [0.2, 0.25) is 18.0 Å². The zero-order valence-electron chi connectivity index (χ0n) is 41.6. The van der Waals surface area contributed by atoms with Gasteiger partial charge in [-0.15, -0.1) is 6.58 Å². The van der Waals surface area contributed by atoms with Crippen molar-refractivity contribution in [2.75, 3.05) is 26.4 Å². The van der Waals surface area contributed by atoms with Crippen LogP contribution in [0.25, 0.3) is 0 Å². The highest BCUT2D eigenvalue weighted by atomic mass is 19.1. The highest BCUT2D eigenvalue weighted by molar-refractivity contribution is 6.03. The topological polar surface area (TPSA) is 119 Å². The number of benzene rings is 3. The first-order valence-electron chi connectivity index (χ1n) is 26.6. The van der Waals surface area contributed by atoms with Gasteiger partial charge in [-0.3, -0.25) is 4.79 Å². The Labute approximate surface area is 415 Å². The Hall–Kier alpha value is -4.62. The molecule has 12 heteroatoms. The molecule has 2 heterocycles. The maximum absolute atomic E-state index is 15.2. The van der Waals surface area contributed by atoms with Gasteiger partial charge in [0.1, 0.15) is 35.8 Å². The summed E-state index contributed by atoms with van der Waals surface area (Å²) >= 11 is 0. The first-order chi connectivity index (χ1) is 34.3. The minimum absolute atomic E-state index is 0.000913. The number of allylic oxidation sites excluding steroid dienone is 1. The zero-order chi connectivity index (χ0) is 49.1. The van der Waals surface area contributed by atoms with Gasteiger partial charge in [-0.05, 0) is 104 Å². The van der Waals surface area contributed by atoms with E-state index in [1.807, 2.05) is 23.1 Å². The van der Waals surface area contributed by atoms with Gasteiger partial charge in [-0.1, -0.05) is 119 Å². The molecule has 3 aromatic carbocycles. The number of aliphatic hydroxyl groups excluding tert-OH is 2. The van der Waals surface area contributed by atoms with Gasteiger partial charge < -0.3 is 38.9 Å². The summed E-state index contributed by atoms with van der Waals surface area (Å²) in [5.41, 5.74) is 3.72. The summed E-state index contributed by atoms with van der Waals surface area (Å²) in [4.78, 5) is 23.5. The maximum Gasteiger partial charge on any atom is 0.239 e. The minimum Gasteiger partial charge on any atom is -0.489 e. The van der Waals surface area contributed by atoms with Gasteiger partial charge in [0.05, 0.1) is 24.8 Å². The molecule has 2 aliphatic carbocycles. The second kappa shape index (κ2) is 27.3. The van der Waals surface area contributed by atoms with Crippen LogP contribution in [0.2, 0.25) is 0 Å². The number of fused-ring (bicyclic) bond motifs is 2. The van der Waals surface area contributed by atoms with Crippen molar-refractivity contribution in [3.05, 3.63) is 119 Å². The summed E-state index contributed by atoms with van der Waals surface area (Å²) < 4.78 is 56.5. The van der Waals surface area contributed by atoms with Crippen LogP contribution in [0.3, 0.4) is 0 Å². The molecule has 2 fully saturated rings. The summed E-state index contributed by atoms with van der Waals surface area (Å²) in [7, 11) is 0. The van der Waals surface area contributed by atoms with Crippen LogP contribution in [-0.4, -0.2) is 71.3 Å². The molecule has 1 saturated carbocycles. The van der Waals surface area contributed by atoms with Crippen molar-refractivity contribution in [1.29, 1.82) is 0 Å². The van der Waals surface area contributed by atoms with Crippen LogP contribution in [0, 0.1) is 29.4 Å². The van der Waals surface area contributed by atoms with Crippen LogP contribution in [0.15, 0.2) is 96.2 Å². The number of hydrogen-bond acceptors (Lipinski definition) is 9. The van der Waals surface area contributed by atoms with Crippen LogP contribution in [0.4, 0.5) is 8.78 Å². The lowest BCUT2D eigenvalue weighted by Crippen LogP contribution is -2.70. The molecule has 2 aliphatic heterocycles. The van der Waals surface area contributed by atoms with Crippen LogP contribution >= 0.6 is 0 Å². The van der Waals surface area contributed by atoms with Gasteiger partial charge in [0, 0.05) is 56.1 Å². The largest absolute Gasteiger partial charge is 0.489 e. The summed E-state index contributed by atoms with van der Waals surface area (Å²) in [6, 6.07) is 17.9. The van der Waals surface area contributed by atoms with E-state index in [1.165, 1.54) is 50.3 Å². The lowest BCUT2D eigenvalue weighted by Gasteiger charge is -2.60. The van der Waals surface area contributed by atoms with Crippen molar-refractivity contribution in [2.24, 2.45) is 22.9 Å². The highest BCUT2D eigenvalue weighted by Gasteiger charge is 2.65. The third kappa shape index (κ3) is 13.7. The number of oxime groups is 1. The second-order valence-electron chi connectivity index (χ2n) is 19.8. The molecule has 2 N–H and O–H groups in total. The molecule has 1 saturated heterocycles. The first-order valence-corrected chi connectivity index (χ1v) is 26.6. The van der Waals surface area contributed by atoms with Crippen molar-refractivity contribution in [2.45, 2.75) is 173 Å². The molecule has 4 aliphatic rings. The number of nitrogens with zero attached hydrogens (tertiary/aromatic N) is 2. The molecule has 382 valence electrons. The summed E-state index contributed by atoms with van der Waals surface area (Å²) in [5.74, 6) is -1.84. The average Bonchev–Trinajstić information content (AvgIpc) is 3.38. The third-order valence-corrected chi connectivity index (χ3v) is 14.9. The van der Waals surface area contributed by atoms with Gasteiger partial charge in [0.15, 0.2) is 0 Å². The Kier molecular flexibility index (Phi) is 20.7. The molecule has 0 bridgehead atoms. The molecule has 1 amide bonds. The Morgan fingerprint density at radius 2 is 1.64 bits per heavy atom. The van der Waals surface area contributed by atoms with E-state index >= 15 is 4.79 Å². The Morgan fingerprint density at radius 1 is 0.900 bits per heavy atom. The van der Waals surface area contributed by atoms with E-state index < -0.39 is 24.0 Å². The Bertz CT molecular complexity index is 2160. The maximum atomic E-state index is 15.2. The number of ether oxygens (including phenoxy) is 4. The molecule has 10 nitrogen and oxygen atoms in total. The molecule has 70 heavy (non-hydrogen) atoms. The van der Waals surface area contributed by atoms with E-state index in [0.717, 1.165) is 80.9 Å². The third-order valence-electron chi connectivity index (χ3n) is 14.9. The zero-order valence-corrected chi connectivity index (χ0v) is 41.6. The van der Waals surface area contributed by atoms with Gasteiger partial charge >= 0.3 is 0 Å². The van der Waals surface area contributed by atoms with Crippen LogP contribution in [0.1, 0.15) is 158 Å². The van der Waals surface area contributed by atoms with Crippen molar-refractivity contribution < 1.29 is 47.6 Å². The first kappa shape index (κ1) is 53.2. The summed E-state index contributed by atoms with van der Waals surface area (Å²) in [6.45, 7) is 7.38. The molecule has 7 atom stereocenters. The number of hydrogen-bond donors (Lipinski definition) is 2. The lowest BCUT2D eigenvalue weighted by molar-refractivity contribution is -0.258. The van der Waals surface area contributed by atoms with E-state index in [0.29, 0.717) is 55.1 Å². The fourth-order valence-electron chi connectivity index (χ4n) is 11.3. The molecule has 0 aromatic heterocycles. The van der Waals surface area contributed by atoms with Crippen molar-refractivity contribution in [3.8, 4) is 11.5 Å². The number of halogens is 2. The van der Waals surface area contributed by atoms with Crippen LogP contribution in [0.5, 0.6) is 11.5 Å². The molecule has 1 unspecified atom stereocenters. The monoisotopic (exact) mass is 969 g/mol. The fraction of sp³-hybridized carbons (Fsp3) is 0.586. The number of unbranched alkanes of at least 4 members (excludes halogenated alkanes) is 10. The number of aliphatic hydroxyl groups is 2. The fourth-order valence-corrected chi connectivity index (χ4v) is 11.3. The predicted octanol–water partition coefficient (Wildman–Crippen LogP) is 12.7. The molecule has 0 spiro atoms. The Balaban J connectivity index is 1.36. The predicted molar refractivity (Wildman–Crippen MR) is 269 cm³/mol. The van der Waals surface area contributed by atoms with Crippen LogP contribution in [-0.2, 0) is 32.3 Å². The van der Waals surface area contributed by atoms with E-state index in [-0.39, 0.29) is 74.7 Å². The lowest BCUT2D eigenvalue weighted by atomic mass is 9.55. The normalized spacial score (nSPS) is 24.2. The Morgan fingerprint density at radius 3 is 2.36 bits per heavy atom. The van der Waals surface area contributed by atoms with Crippen LogP contribution < -0.4 is 9.47 Å². The molecule has 0 radical (unpaired) electrons. The number of carbonyl (C=O) groups is 1. The molecule has 7 rings (SSSR count). The summed E-state index contributed by atoms with van der Waals surface area (Å²) in [5, 5.41) is 25.1. The van der Waals surface area contributed by atoms with Crippen molar-refractivity contribution in [3.63, 3.8) is 0 Å². The second-order valence-corrected chi connectivity index (χ2v) is 19.8. The SMILES string of the molecule is C=CCO[C@@]12Oc3ccc(OCc4ccccc4F)cc3[C@H]3[C@H](CCCCO)[C@@H](CCCCO)C=C(C(=NOC4CCCCO4)C[C@@H]1N(Cc1ccc(F)cc1)C(=O)CCCCCCCCCCC)[C@H]32. The number of carbonyl (C=O) groups excluding carboxylic acids is 1. The van der Waals surface area contributed by atoms with Crippen molar-refractivity contribution in [1.82, 2.24) is 4.90 Å². The van der Waals surface area contributed by atoms with E-state index in [9.17, 15) is 19.0 Å². The van der Waals surface area contributed by atoms with Gasteiger partial charge in [0.25, 0.3) is 0 Å².